The van der Waals surface area contributed by atoms with Crippen molar-refractivity contribution in [1.82, 2.24) is 5.16 Å². The van der Waals surface area contributed by atoms with Crippen molar-refractivity contribution in [1.29, 1.82) is 0 Å². The lowest BCUT2D eigenvalue weighted by Crippen LogP contribution is -2.18. The molecule has 1 aliphatic carbocycles. The summed E-state index contributed by atoms with van der Waals surface area (Å²) in [6.45, 7) is 0.121. The number of fused-ring (bicyclic) bond motifs is 1. The van der Waals surface area contributed by atoms with Crippen LogP contribution in [0.5, 0.6) is 0 Å². The monoisotopic (exact) mass is 432 g/mol. The van der Waals surface area contributed by atoms with Crippen molar-refractivity contribution in [2.45, 2.75) is 24.9 Å². The quantitative estimate of drug-likeness (QED) is 0.447. The maximum Gasteiger partial charge on any atom is 0.412 e. The fraction of sp³-hybridized carbons (Fsp3) is 0.174. The number of amides is 1. The van der Waals surface area contributed by atoms with Crippen molar-refractivity contribution >= 4 is 28.9 Å². The Morgan fingerprint density at radius 2 is 1.97 bits per heavy atom. The van der Waals surface area contributed by atoms with Gasteiger partial charge in [-0.2, -0.15) is 0 Å². The zero-order valence-electron chi connectivity index (χ0n) is 16.6. The van der Waals surface area contributed by atoms with Gasteiger partial charge in [0.05, 0.1) is 11.6 Å². The molecule has 1 aliphatic rings. The van der Waals surface area contributed by atoms with E-state index in [2.05, 4.69) is 22.3 Å². The molecule has 1 aromatic carbocycles. The standard InChI is InChI=1S/C23H16N2O7/c26-21(27)23(8-9-23)19-11-15-10-16(30-20(15)31-19)6-7-18-17(12-24-32-18)25-22(28)29-13-14-4-2-1-3-5-14/h1-5,10-12H,8-9,13H2,(H,25,28)(H,26,27). The van der Waals surface area contributed by atoms with E-state index in [1.165, 1.54) is 6.20 Å². The van der Waals surface area contributed by atoms with Crippen LogP contribution in [0, 0.1) is 11.8 Å². The van der Waals surface area contributed by atoms with Crippen molar-refractivity contribution in [3.05, 3.63) is 71.5 Å². The lowest BCUT2D eigenvalue weighted by molar-refractivity contribution is -0.140. The van der Waals surface area contributed by atoms with Gasteiger partial charge in [-0.1, -0.05) is 35.5 Å². The Kier molecular flexibility index (Phi) is 4.67. The van der Waals surface area contributed by atoms with Crippen molar-refractivity contribution in [3.63, 3.8) is 0 Å². The Bertz CT molecular complexity index is 1330. The molecular weight excluding hydrogens is 416 g/mol. The first-order chi connectivity index (χ1) is 15.5. The largest absolute Gasteiger partial charge is 0.480 e. The molecular formula is C23H16N2O7. The smallest absolute Gasteiger partial charge is 0.412 e. The van der Waals surface area contributed by atoms with Gasteiger partial charge < -0.3 is 23.2 Å². The summed E-state index contributed by atoms with van der Waals surface area (Å²) in [7, 11) is 0. The topological polar surface area (TPSA) is 128 Å². The molecule has 0 saturated heterocycles. The molecule has 4 aromatic rings. The van der Waals surface area contributed by atoms with Gasteiger partial charge in [-0.3, -0.25) is 10.1 Å². The summed E-state index contributed by atoms with van der Waals surface area (Å²) >= 11 is 0. The second-order valence-electron chi connectivity index (χ2n) is 7.36. The number of carboxylic acid groups (broad SMARTS) is 1. The number of carboxylic acids is 1. The number of hydrogen-bond acceptors (Lipinski definition) is 7. The molecule has 32 heavy (non-hydrogen) atoms. The number of benzene rings is 1. The SMILES string of the molecule is O=C(Nc1cnoc1C#Cc1cc2cc(C3(C(=O)O)CC3)oc2o1)OCc1ccccc1. The minimum atomic E-state index is -0.942. The highest BCUT2D eigenvalue weighted by Crippen LogP contribution is 2.50. The van der Waals surface area contributed by atoms with Crippen LogP contribution in [-0.2, 0) is 21.6 Å². The summed E-state index contributed by atoms with van der Waals surface area (Å²) in [5.41, 5.74) is 0.169. The average molecular weight is 432 g/mol. The number of aromatic nitrogens is 1. The van der Waals surface area contributed by atoms with Crippen LogP contribution in [0.15, 0.2) is 62.0 Å². The maximum atomic E-state index is 12.0. The van der Waals surface area contributed by atoms with Crippen LogP contribution in [0.25, 0.3) is 11.2 Å². The Morgan fingerprint density at radius 1 is 1.16 bits per heavy atom. The summed E-state index contributed by atoms with van der Waals surface area (Å²) in [6, 6.07) is 12.6. The Morgan fingerprint density at radius 3 is 2.69 bits per heavy atom. The Labute approximate surface area is 180 Å². The van der Waals surface area contributed by atoms with E-state index in [9.17, 15) is 14.7 Å². The molecule has 1 amide bonds. The van der Waals surface area contributed by atoms with Crippen LogP contribution < -0.4 is 5.32 Å². The lowest BCUT2D eigenvalue weighted by Gasteiger charge is -2.05. The first kappa shape index (κ1) is 19.5. The van der Waals surface area contributed by atoms with Gasteiger partial charge in [0.1, 0.15) is 23.5 Å². The van der Waals surface area contributed by atoms with E-state index in [1.807, 2.05) is 30.3 Å². The second-order valence-corrected chi connectivity index (χ2v) is 7.36. The highest BCUT2D eigenvalue weighted by atomic mass is 16.5. The van der Waals surface area contributed by atoms with E-state index < -0.39 is 17.5 Å². The van der Waals surface area contributed by atoms with E-state index in [0.717, 1.165) is 5.56 Å². The molecule has 5 rings (SSSR count). The number of nitrogens with one attached hydrogen (secondary N) is 1. The molecule has 9 nitrogen and oxygen atoms in total. The minimum absolute atomic E-state index is 0.121. The molecule has 1 fully saturated rings. The number of carbonyl (C=O) groups is 2. The third kappa shape index (κ3) is 3.70. The number of rotatable bonds is 5. The average Bonchev–Trinajstić information content (AvgIpc) is 3.11. The van der Waals surface area contributed by atoms with Crippen LogP contribution in [0.1, 0.15) is 35.7 Å². The molecule has 0 bridgehead atoms. The van der Waals surface area contributed by atoms with Crippen molar-refractivity contribution < 1.29 is 32.8 Å². The molecule has 9 heteroatoms. The number of carbonyl (C=O) groups excluding carboxylic acids is 1. The van der Waals surface area contributed by atoms with Crippen molar-refractivity contribution in [3.8, 4) is 11.8 Å². The first-order valence-electron chi connectivity index (χ1n) is 9.75. The molecule has 0 radical (unpaired) electrons. The summed E-state index contributed by atoms with van der Waals surface area (Å²) in [5, 5.41) is 16.2. The molecule has 0 atom stereocenters. The van der Waals surface area contributed by atoms with Crippen molar-refractivity contribution in [2.24, 2.45) is 0 Å². The lowest BCUT2D eigenvalue weighted by atomic mass is 10.0. The van der Waals surface area contributed by atoms with Gasteiger partial charge in [-0.05, 0) is 36.3 Å². The molecule has 160 valence electrons. The second kappa shape index (κ2) is 7.67. The number of anilines is 1. The highest BCUT2D eigenvalue weighted by molar-refractivity contribution is 5.87. The van der Waals surface area contributed by atoms with Gasteiger partial charge >= 0.3 is 12.1 Å². The Hall–Kier alpha value is -4.45. The fourth-order valence-electron chi connectivity index (χ4n) is 3.23. The van der Waals surface area contributed by atoms with Gasteiger partial charge in [0, 0.05) is 6.07 Å². The molecule has 3 heterocycles. The van der Waals surface area contributed by atoms with E-state index in [4.69, 9.17) is 18.1 Å². The van der Waals surface area contributed by atoms with E-state index >= 15 is 0 Å². The van der Waals surface area contributed by atoms with Crippen LogP contribution >= 0.6 is 0 Å². The van der Waals surface area contributed by atoms with E-state index in [1.54, 1.807) is 12.1 Å². The molecule has 0 aliphatic heterocycles. The zero-order chi connectivity index (χ0) is 22.1. The Balaban J connectivity index is 1.26. The number of furan rings is 2. The van der Waals surface area contributed by atoms with Gasteiger partial charge in [-0.15, -0.1) is 0 Å². The van der Waals surface area contributed by atoms with Gasteiger partial charge in [-0.25, -0.2) is 4.79 Å². The molecule has 1 saturated carbocycles. The summed E-state index contributed by atoms with van der Waals surface area (Å²) in [6.07, 6.45) is 1.73. The van der Waals surface area contributed by atoms with E-state index in [-0.39, 0.29) is 23.8 Å². The summed E-state index contributed by atoms with van der Waals surface area (Å²) in [5.74, 6) is 5.61. The van der Waals surface area contributed by atoms with Crippen LogP contribution in [-0.4, -0.2) is 22.3 Å². The number of nitrogens with zero attached hydrogens (tertiary/aromatic N) is 1. The number of hydrogen-bond donors (Lipinski definition) is 2. The predicted molar refractivity (Wildman–Crippen MR) is 110 cm³/mol. The molecule has 3 aromatic heterocycles. The third-order valence-electron chi connectivity index (χ3n) is 5.16. The number of ether oxygens (including phenoxy) is 1. The predicted octanol–water partition coefficient (Wildman–Crippen LogP) is 4.28. The summed E-state index contributed by atoms with van der Waals surface area (Å²) in [4.78, 5) is 23.5. The molecule has 0 unspecified atom stereocenters. The van der Waals surface area contributed by atoms with Gasteiger partial charge in [0.15, 0.2) is 5.76 Å². The minimum Gasteiger partial charge on any atom is -0.480 e. The van der Waals surface area contributed by atoms with Gasteiger partial charge in [0.2, 0.25) is 5.76 Å². The third-order valence-corrected chi connectivity index (χ3v) is 5.16. The van der Waals surface area contributed by atoms with E-state index in [0.29, 0.717) is 29.7 Å². The van der Waals surface area contributed by atoms with Crippen LogP contribution in [0.3, 0.4) is 0 Å². The molecule has 0 spiro atoms. The number of aliphatic carboxylic acids is 1. The first-order valence-corrected chi connectivity index (χ1v) is 9.75. The van der Waals surface area contributed by atoms with Crippen LogP contribution in [0.2, 0.25) is 0 Å². The normalized spacial score (nSPS) is 13.9. The van der Waals surface area contributed by atoms with Gasteiger partial charge in [0.25, 0.3) is 5.78 Å². The molecule has 2 N–H and O–H groups in total. The summed E-state index contributed by atoms with van der Waals surface area (Å²) < 4.78 is 21.4. The fourth-order valence-corrected chi connectivity index (χ4v) is 3.23. The maximum absolute atomic E-state index is 12.0. The highest BCUT2D eigenvalue weighted by Gasteiger charge is 2.54. The van der Waals surface area contributed by atoms with Crippen molar-refractivity contribution in [2.75, 3.05) is 5.32 Å². The zero-order valence-corrected chi connectivity index (χ0v) is 16.6. The van der Waals surface area contributed by atoms with Crippen LogP contribution in [0.4, 0.5) is 10.5 Å².